The first-order valence-electron chi connectivity index (χ1n) is 16.1. The number of hydrogen-bond donors (Lipinski definition) is 0. The summed E-state index contributed by atoms with van der Waals surface area (Å²) in [4.78, 5) is 0. The summed E-state index contributed by atoms with van der Waals surface area (Å²) < 4.78 is 1.12. The van der Waals surface area contributed by atoms with Gasteiger partial charge in [-0.15, -0.1) is 0 Å². The molecule has 47 heavy (non-hydrogen) atoms. The van der Waals surface area contributed by atoms with Gasteiger partial charge in [0.2, 0.25) is 0 Å². The lowest BCUT2D eigenvalue weighted by Crippen LogP contribution is -1.93. The Bertz CT molecular complexity index is 2760. The van der Waals surface area contributed by atoms with E-state index in [9.17, 15) is 0 Å². The molecule has 0 N–H and O–H groups in total. The second-order valence-corrected chi connectivity index (χ2v) is 13.5. The molecule has 0 atom stereocenters. The van der Waals surface area contributed by atoms with Gasteiger partial charge >= 0.3 is 0 Å². The maximum atomic E-state index is 4.02. The molecule has 10 aromatic rings. The van der Waals surface area contributed by atoms with Gasteiger partial charge in [0, 0.05) is 4.47 Å². The Labute approximate surface area is 281 Å². The van der Waals surface area contributed by atoms with Crippen molar-refractivity contribution in [2.45, 2.75) is 0 Å². The van der Waals surface area contributed by atoms with Crippen LogP contribution in [-0.4, -0.2) is 0 Å². The zero-order valence-corrected chi connectivity index (χ0v) is 27.1. The first kappa shape index (κ1) is 26.7. The molecule has 0 saturated heterocycles. The molecule has 0 aromatic heterocycles. The van der Waals surface area contributed by atoms with Crippen molar-refractivity contribution in [3.05, 3.63) is 168 Å². The fourth-order valence-electron chi connectivity index (χ4n) is 7.74. The Balaban J connectivity index is 1.33. The Hall–Kier alpha value is -5.50. The normalized spacial score (nSPS) is 11.9. The maximum Gasteiger partial charge on any atom is 0.0260 e. The summed E-state index contributed by atoms with van der Waals surface area (Å²) in [5, 5.41) is 15.2. The van der Waals surface area contributed by atoms with Crippen LogP contribution in [0.4, 0.5) is 0 Å². The predicted octanol–water partition coefficient (Wildman–Crippen LogP) is 13.8. The SMILES string of the molecule is Brc1cc(-c2ccc3ccccc3c2)c2ccc3c(-c4ccc5ccccc5c4)cc(-c4ccc5ccccc5c4)c4ccc1c2c43. The van der Waals surface area contributed by atoms with Gasteiger partial charge in [-0.05, 0) is 128 Å². The lowest BCUT2D eigenvalue weighted by atomic mass is 9.83. The molecule has 0 heterocycles. The van der Waals surface area contributed by atoms with E-state index in [1.807, 2.05) is 0 Å². The van der Waals surface area contributed by atoms with Gasteiger partial charge in [0.1, 0.15) is 0 Å². The van der Waals surface area contributed by atoms with E-state index in [1.54, 1.807) is 0 Å². The highest BCUT2D eigenvalue weighted by molar-refractivity contribution is 9.10. The third-order valence-corrected chi connectivity index (χ3v) is 10.7. The molecule has 0 aliphatic heterocycles. The zero-order valence-electron chi connectivity index (χ0n) is 25.5. The van der Waals surface area contributed by atoms with Crippen LogP contribution in [0.5, 0.6) is 0 Å². The van der Waals surface area contributed by atoms with Crippen LogP contribution < -0.4 is 0 Å². The zero-order chi connectivity index (χ0) is 31.1. The summed E-state index contributed by atoms with van der Waals surface area (Å²) in [6, 6.07) is 60.6. The van der Waals surface area contributed by atoms with Crippen molar-refractivity contribution >= 4 is 80.6 Å². The van der Waals surface area contributed by atoms with Gasteiger partial charge in [-0.3, -0.25) is 0 Å². The van der Waals surface area contributed by atoms with Crippen LogP contribution in [0.25, 0.3) is 98.0 Å². The molecular weight excluding hydrogens is 632 g/mol. The van der Waals surface area contributed by atoms with Crippen LogP contribution in [0.2, 0.25) is 0 Å². The Morgan fingerprint density at radius 3 is 1.04 bits per heavy atom. The van der Waals surface area contributed by atoms with Gasteiger partial charge in [0.15, 0.2) is 0 Å². The molecule has 218 valence electrons. The van der Waals surface area contributed by atoms with E-state index in [0.29, 0.717) is 0 Å². The van der Waals surface area contributed by atoms with Crippen molar-refractivity contribution in [2.24, 2.45) is 0 Å². The molecule has 0 fully saturated rings. The minimum Gasteiger partial charge on any atom is -0.0616 e. The molecule has 1 heteroatoms. The smallest absolute Gasteiger partial charge is 0.0260 e. The lowest BCUT2D eigenvalue weighted by molar-refractivity contribution is 1.65. The minimum absolute atomic E-state index is 1.12. The van der Waals surface area contributed by atoms with E-state index in [-0.39, 0.29) is 0 Å². The van der Waals surface area contributed by atoms with Gasteiger partial charge in [-0.1, -0.05) is 149 Å². The third kappa shape index (κ3) is 4.13. The topological polar surface area (TPSA) is 0 Å². The quantitative estimate of drug-likeness (QED) is 0.166. The van der Waals surface area contributed by atoms with E-state index in [2.05, 4.69) is 180 Å². The van der Waals surface area contributed by atoms with Crippen LogP contribution >= 0.6 is 15.9 Å². The van der Waals surface area contributed by atoms with Crippen molar-refractivity contribution < 1.29 is 0 Å². The molecular formula is C46H27Br. The molecule has 0 unspecified atom stereocenters. The van der Waals surface area contributed by atoms with Gasteiger partial charge < -0.3 is 0 Å². The molecule has 0 nitrogen and oxygen atoms in total. The third-order valence-electron chi connectivity index (χ3n) is 10.0. The van der Waals surface area contributed by atoms with Crippen LogP contribution in [0.15, 0.2) is 168 Å². The Morgan fingerprint density at radius 1 is 0.277 bits per heavy atom. The van der Waals surface area contributed by atoms with Crippen LogP contribution in [-0.2, 0) is 0 Å². The Kier molecular flexibility index (Phi) is 5.82. The van der Waals surface area contributed by atoms with Crippen molar-refractivity contribution in [3.8, 4) is 33.4 Å². The number of benzene rings is 10. The monoisotopic (exact) mass is 658 g/mol. The summed E-state index contributed by atoms with van der Waals surface area (Å²) in [5.74, 6) is 0. The first-order chi connectivity index (χ1) is 23.2. The summed E-state index contributed by atoms with van der Waals surface area (Å²) >= 11 is 4.02. The van der Waals surface area contributed by atoms with Gasteiger partial charge in [0.05, 0.1) is 0 Å². The van der Waals surface area contributed by atoms with Crippen LogP contribution in [0.3, 0.4) is 0 Å². The van der Waals surface area contributed by atoms with Gasteiger partial charge in [0.25, 0.3) is 0 Å². The number of rotatable bonds is 3. The average Bonchev–Trinajstić information content (AvgIpc) is 3.13. The predicted molar refractivity (Wildman–Crippen MR) is 207 cm³/mol. The fraction of sp³-hybridized carbons (Fsp3) is 0. The summed E-state index contributed by atoms with van der Waals surface area (Å²) in [6.45, 7) is 0. The first-order valence-corrected chi connectivity index (χ1v) is 16.9. The fourth-order valence-corrected chi connectivity index (χ4v) is 8.30. The molecule has 0 amide bonds. The molecule has 0 spiro atoms. The van der Waals surface area contributed by atoms with E-state index in [4.69, 9.17) is 0 Å². The minimum atomic E-state index is 1.12. The number of halogens is 1. The highest BCUT2D eigenvalue weighted by Crippen LogP contribution is 2.48. The second-order valence-electron chi connectivity index (χ2n) is 12.6. The van der Waals surface area contributed by atoms with E-state index in [1.165, 1.54) is 98.0 Å². The second kappa shape index (κ2) is 10.3. The highest BCUT2D eigenvalue weighted by Gasteiger charge is 2.20. The van der Waals surface area contributed by atoms with Crippen LogP contribution in [0, 0.1) is 0 Å². The standard InChI is InChI=1S/C46H27Br/c47-44-27-43(36-18-15-30-9-3-6-12-33(30)25-36)39-20-19-37-41(34-16-13-28-7-1-4-10-31(28)23-34)26-42(38-21-22-40(44)46(39)45(37)38)35-17-14-29-8-2-5-11-32(29)24-35/h1-27H. The van der Waals surface area contributed by atoms with E-state index < -0.39 is 0 Å². The van der Waals surface area contributed by atoms with Crippen molar-refractivity contribution in [3.63, 3.8) is 0 Å². The van der Waals surface area contributed by atoms with Crippen molar-refractivity contribution in [1.29, 1.82) is 0 Å². The summed E-state index contributed by atoms with van der Waals surface area (Å²) in [5.41, 5.74) is 7.45. The van der Waals surface area contributed by atoms with Crippen LogP contribution in [0.1, 0.15) is 0 Å². The molecule has 0 radical (unpaired) electrons. The molecule has 10 rings (SSSR count). The van der Waals surface area contributed by atoms with Crippen molar-refractivity contribution in [2.75, 3.05) is 0 Å². The number of fused-ring (bicyclic) bond motifs is 3. The molecule has 10 aromatic carbocycles. The highest BCUT2D eigenvalue weighted by atomic mass is 79.9. The number of hydrogen-bond acceptors (Lipinski definition) is 0. The van der Waals surface area contributed by atoms with E-state index >= 15 is 0 Å². The Morgan fingerprint density at radius 2 is 0.617 bits per heavy atom. The van der Waals surface area contributed by atoms with Gasteiger partial charge in [-0.2, -0.15) is 0 Å². The average molecular weight is 660 g/mol. The molecule has 0 aliphatic carbocycles. The summed E-state index contributed by atoms with van der Waals surface area (Å²) in [7, 11) is 0. The molecule has 0 aliphatic rings. The maximum absolute atomic E-state index is 4.02. The molecule has 0 bridgehead atoms. The molecule has 0 saturated carbocycles. The van der Waals surface area contributed by atoms with Crippen molar-refractivity contribution in [1.82, 2.24) is 0 Å². The summed E-state index contributed by atoms with van der Waals surface area (Å²) in [6.07, 6.45) is 0. The van der Waals surface area contributed by atoms with E-state index in [0.717, 1.165) is 4.47 Å². The largest absolute Gasteiger partial charge is 0.0616 e. The van der Waals surface area contributed by atoms with Gasteiger partial charge in [-0.25, -0.2) is 0 Å². The lowest BCUT2D eigenvalue weighted by Gasteiger charge is -2.20.